The Hall–Kier alpha value is -1.20. The summed E-state index contributed by atoms with van der Waals surface area (Å²) in [6.07, 6.45) is 2.92. The van der Waals surface area contributed by atoms with E-state index < -0.39 is 11.6 Å². The summed E-state index contributed by atoms with van der Waals surface area (Å²) in [5.41, 5.74) is -0.614. The summed E-state index contributed by atoms with van der Waals surface area (Å²) >= 11 is 0. The van der Waals surface area contributed by atoms with Crippen LogP contribution in [-0.2, 0) is 19.0 Å². The Morgan fingerprint density at radius 1 is 1.29 bits per heavy atom. The molecule has 0 aliphatic carbocycles. The first-order valence-electron chi connectivity index (χ1n) is 5.51. The van der Waals surface area contributed by atoms with E-state index in [1.54, 1.807) is 19.9 Å². The molecule has 5 nitrogen and oxygen atoms in total. The zero-order valence-corrected chi connectivity index (χ0v) is 10.5. The monoisotopic (exact) mass is 243 g/mol. The summed E-state index contributed by atoms with van der Waals surface area (Å²) < 4.78 is 15.5. The Morgan fingerprint density at radius 2 is 1.94 bits per heavy atom. The number of rotatable bonds is 10. The molecule has 5 heteroatoms. The highest BCUT2D eigenvalue weighted by molar-refractivity contribution is 6.21. The van der Waals surface area contributed by atoms with Crippen molar-refractivity contribution in [1.82, 2.24) is 0 Å². The molecule has 0 aliphatic heterocycles. The van der Waals surface area contributed by atoms with Crippen molar-refractivity contribution >= 4 is 12.2 Å². The van der Waals surface area contributed by atoms with Gasteiger partial charge in [0.05, 0.1) is 26.4 Å². The maximum atomic E-state index is 10.9. The number of esters is 1. The predicted molar refractivity (Wildman–Crippen MR) is 65.4 cm³/mol. The van der Waals surface area contributed by atoms with Crippen LogP contribution in [-0.4, -0.2) is 44.2 Å². The molecule has 0 aromatic heterocycles. The van der Waals surface area contributed by atoms with E-state index in [4.69, 9.17) is 19.6 Å². The largest absolute Gasteiger partial charge is 0.455 e. The fourth-order valence-corrected chi connectivity index (χ4v) is 1.06. The van der Waals surface area contributed by atoms with Gasteiger partial charge >= 0.3 is 5.97 Å². The van der Waals surface area contributed by atoms with Crippen LogP contribution in [0.15, 0.2) is 12.7 Å². The van der Waals surface area contributed by atoms with Gasteiger partial charge in [-0.05, 0) is 13.8 Å². The van der Waals surface area contributed by atoms with Gasteiger partial charge in [0, 0.05) is 6.42 Å². The predicted octanol–water partition coefficient (Wildman–Crippen LogP) is 1.57. The van der Waals surface area contributed by atoms with Crippen molar-refractivity contribution in [2.24, 2.45) is 0 Å². The van der Waals surface area contributed by atoms with Gasteiger partial charge in [-0.1, -0.05) is 6.08 Å². The highest BCUT2D eigenvalue weighted by Gasteiger charge is 2.21. The van der Waals surface area contributed by atoms with E-state index in [2.05, 4.69) is 6.58 Å². The van der Waals surface area contributed by atoms with Gasteiger partial charge in [0.1, 0.15) is 11.8 Å². The zero-order valence-electron chi connectivity index (χ0n) is 10.5. The maximum Gasteiger partial charge on any atom is 0.349 e. The van der Waals surface area contributed by atoms with Crippen LogP contribution in [0.25, 0.3) is 0 Å². The lowest BCUT2D eigenvalue weighted by Crippen LogP contribution is -2.30. The quantitative estimate of drug-likeness (QED) is 0.274. The molecule has 1 N–H and O–H groups in total. The standard InChI is InChI=1S/C12H21NO4/c1-4-6-15-8-9-16-7-5-12(2,3)17-11(14)10-13/h4,10,13H,1,5-9H2,2-3H3. The minimum absolute atomic E-state index is 0.482. The summed E-state index contributed by atoms with van der Waals surface area (Å²) in [6, 6.07) is 0. The first kappa shape index (κ1) is 15.8. The Bertz CT molecular complexity index is 251. The van der Waals surface area contributed by atoms with Gasteiger partial charge in [0.25, 0.3) is 0 Å². The van der Waals surface area contributed by atoms with Crippen molar-refractivity contribution in [2.75, 3.05) is 26.4 Å². The third-order valence-electron chi connectivity index (χ3n) is 1.95. The second kappa shape index (κ2) is 8.90. The van der Waals surface area contributed by atoms with Crippen LogP contribution in [0.2, 0.25) is 0 Å². The molecule has 0 atom stereocenters. The molecule has 0 unspecified atom stereocenters. The van der Waals surface area contributed by atoms with Crippen molar-refractivity contribution in [2.45, 2.75) is 25.9 Å². The Labute approximate surface area is 102 Å². The number of carbonyl (C=O) groups excluding carboxylic acids is 1. The minimum atomic E-state index is -0.635. The highest BCUT2D eigenvalue weighted by Crippen LogP contribution is 2.14. The minimum Gasteiger partial charge on any atom is -0.455 e. The second-order valence-electron chi connectivity index (χ2n) is 4.05. The average molecular weight is 243 g/mol. The fourth-order valence-electron chi connectivity index (χ4n) is 1.06. The number of carbonyl (C=O) groups is 1. The Kier molecular flexibility index (Phi) is 8.27. The van der Waals surface area contributed by atoms with Gasteiger partial charge in [-0.3, -0.25) is 0 Å². The average Bonchev–Trinajstić information content (AvgIpc) is 2.27. The lowest BCUT2D eigenvalue weighted by atomic mass is 10.1. The van der Waals surface area contributed by atoms with Crippen molar-refractivity contribution in [1.29, 1.82) is 5.41 Å². The van der Waals surface area contributed by atoms with E-state index in [1.807, 2.05) is 0 Å². The molecular weight excluding hydrogens is 222 g/mol. The molecule has 0 amide bonds. The SMILES string of the molecule is C=CCOCCOCCC(C)(C)OC(=O)C=N. The fraction of sp³-hybridized carbons (Fsp3) is 0.667. The molecule has 0 aliphatic rings. The van der Waals surface area contributed by atoms with Gasteiger partial charge in [0.15, 0.2) is 0 Å². The lowest BCUT2D eigenvalue weighted by Gasteiger charge is -2.23. The van der Waals surface area contributed by atoms with E-state index in [0.29, 0.717) is 39.1 Å². The zero-order chi connectivity index (χ0) is 13.1. The molecule has 0 rings (SSSR count). The van der Waals surface area contributed by atoms with E-state index in [-0.39, 0.29) is 0 Å². The topological polar surface area (TPSA) is 68.6 Å². The number of ether oxygens (including phenoxy) is 3. The number of nitrogens with one attached hydrogen (secondary N) is 1. The molecule has 0 aromatic rings. The molecule has 0 saturated carbocycles. The maximum absolute atomic E-state index is 10.9. The Morgan fingerprint density at radius 3 is 2.53 bits per heavy atom. The van der Waals surface area contributed by atoms with Crippen LogP contribution in [0.4, 0.5) is 0 Å². The van der Waals surface area contributed by atoms with Crippen LogP contribution in [0.3, 0.4) is 0 Å². The summed E-state index contributed by atoms with van der Waals surface area (Å²) in [5.74, 6) is -0.635. The number of hydrogen-bond donors (Lipinski definition) is 1. The summed E-state index contributed by atoms with van der Waals surface area (Å²) in [5, 5.41) is 6.74. The van der Waals surface area contributed by atoms with Crippen molar-refractivity contribution in [3.8, 4) is 0 Å². The van der Waals surface area contributed by atoms with Crippen LogP contribution >= 0.6 is 0 Å². The normalized spacial score (nSPS) is 10.9. The van der Waals surface area contributed by atoms with Crippen molar-refractivity contribution in [3.05, 3.63) is 12.7 Å². The van der Waals surface area contributed by atoms with Crippen LogP contribution in [0, 0.1) is 5.41 Å². The van der Waals surface area contributed by atoms with E-state index >= 15 is 0 Å². The van der Waals surface area contributed by atoms with Crippen LogP contribution < -0.4 is 0 Å². The van der Waals surface area contributed by atoms with E-state index in [1.165, 1.54) is 0 Å². The summed E-state index contributed by atoms with van der Waals surface area (Å²) in [6.45, 7) is 9.12. The highest BCUT2D eigenvalue weighted by atomic mass is 16.6. The van der Waals surface area contributed by atoms with Crippen LogP contribution in [0.5, 0.6) is 0 Å². The molecule has 0 radical (unpaired) electrons. The van der Waals surface area contributed by atoms with Gasteiger partial charge in [-0.15, -0.1) is 6.58 Å². The van der Waals surface area contributed by atoms with E-state index in [0.717, 1.165) is 0 Å². The second-order valence-corrected chi connectivity index (χ2v) is 4.05. The van der Waals surface area contributed by atoms with Gasteiger partial charge < -0.3 is 19.6 Å². The van der Waals surface area contributed by atoms with Gasteiger partial charge in [-0.25, -0.2) is 4.79 Å². The van der Waals surface area contributed by atoms with Crippen molar-refractivity contribution < 1.29 is 19.0 Å². The van der Waals surface area contributed by atoms with Gasteiger partial charge in [-0.2, -0.15) is 0 Å². The molecule has 17 heavy (non-hydrogen) atoms. The number of hydrogen-bond acceptors (Lipinski definition) is 5. The third-order valence-corrected chi connectivity index (χ3v) is 1.95. The summed E-state index contributed by atoms with van der Waals surface area (Å²) in [7, 11) is 0. The summed E-state index contributed by atoms with van der Waals surface area (Å²) in [4.78, 5) is 10.9. The van der Waals surface area contributed by atoms with E-state index in [9.17, 15) is 4.79 Å². The molecular formula is C12H21NO4. The van der Waals surface area contributed by atoms with Crippen molar-refractivity contribution in [3.63, 3.8) is 0 Å². The first-order chi connectivity index (χ1) is 8.02. The third kappa shape index (κ3) is 9.71. The molecule has 0 aromatic carbocycles. The Balaban J connectivity index is 3.54. The first-order valence-corrected chi connectivity index (χ1v) is 5.51. The molecule has 0 saturated heterocycles. The molecule has 0 bridgehead atoms. The van der Waals surface area contributed by atoms with Crippen LogP contribution in [0.1, 0.15) is 20.3 Å². The lowest BCUT2D eigenvalue weighted by molar-refractivity contribution is -0.148. The molecule has 0 spiro atoms. The smallest absolute Gasteiger partial charge is 0.349 e. The molecule has 98 valence electrons. The molecule has 0 fully saturated rings. The molecule has 0 heterocycles. The van der Waals surface area contributed by atoms with Gasteiger partial charge in [0.2, 0.25) is 0 Å².